The molecule has 0 aromatic heterocycles. The van der Waals surface area contributed by atoms with Crippen LogP contribution in [0, 0.1) is 5.92 Å². The Kier molecular flexibility index (Phi) is 3.01. The molecule has 100 valence electrons. The van der Waals surface area contributed by atoms with E-state index in [-0.39, 0.29) is 18.2 Å². The van der Waals surface area contributed by atoms with Crippen LogP contribution in [0.15, 0.2) is 18.2 Å². The second-order valence-corrected chi connectivity index (χ2v) is 5.51. The fraction of sp³-hybridized carbons (Fsp3) is 0.467. The second kappa shape index (κ2) is 4.68. The van der Waals surface area contributed by atoms with Gasteiger partial charge in [-0.15, -0.1) is 0 Å². The quantitative estimate of drug-likeness (QED) is 0.873. The minimum absolute atomic E-state index is 0.0597. The predicted molar refractivity (Wildman–Crippen MR) is 71.1 cm³/mol. The SMILES string of the molecule is O=C(O)CC(c1ccc2c(c1)CCC(=O)N2)C1CC1. The highest BCUT2D eigenvalue weighted by molar-refractivity contribution is 5.93. The summed E-state index contributed by atoms with van der Waals surface area (Å²) in [6, 6.07) is 5.97. The number of anilines is 1. The molecule has 19 heavy (non-hydrogen) atoms. The zero-order valence-electron chi connectivity index (χ0n) is 10.7. The number of carbonyl (C=O) groups is 2. The Balaban J connectivity index is 1.87. The smallest absolute Gasteiger partial charge is 0.303 e. The largest absolute Gasteiger partial charge is 0.481 e. The van der Waals surface area contributed by atoms with Crippen molar-refractivity contribution in [2.75, 3.05) is 5.32 Å². The maximum absolute atomic E-state index is 11.3. The lowest BCUT2D eigenvalue weighted by Crippen LogP contribution is -2.19. The highest BCUT2D eigenvalue weighted by atomic mass is 16.4. The molecule has 1 aliphatic heterocycles. The molecule has 1 heterocycles. The van der Waals surface area contributed by atoms with E-state index in [0.29, 0.717) is 12.3 Å². The van der Waals surface area contributed by atoms with Crippen LogP contribution in [0.2, 0.25) is 0 Å². The van der Waals surface area contributed by atoms with Gasteiger partial charge in [-0.2, -0.15) is 0 Å². The van der Waals surface area contributed by atoms with Gasteiger partial charge in [0.1, 0.15) is 0 Å². The number of nitrogens with one attached hydrogen (secondary N) is 1. The standard InChI is InChI=1S/C15H17NO3/c17-14-6-4-11-7-10(3-5-13(11)16-14)12(8-15(18)19)9-1-2-9/h3,5,7,9,12H,1-2,4,6,8H2,(H,16,17)(H,18,19). The lowest BCUT2D eigenvalue weighted by atomic mass is 9.88. The first-order valence-electron chi connectivity index (χ1n) is 6.78. The summed E-state index contributed by atoms with van der Waals surface area (Å²) in [6.45, 7) is 0. The Morgan fingerprint density at radius 1 is 1.37 bits per heavy atom. The van der Waals surface area contributed by atoms with Crippen molar-refractivity contribution in [3.8, 4) is 0 Å². The number of aliphatic carboxylic acids is 1. The van der Waals surface area contributed by atoms with Gasteiger partial charge < -0.3 is 10.4 Å². The molecular formula is C15H17NO3. The monoisotopic (exact) mass is 259 g/mol. The first kappa shape index (κ1) is 12.2. The van der Waals surface area contributed by atoms with Crippen LogP contribution < -0.4 is 5.32 Å². The maximum Gasteiger partial charge on any atom is 0.303 e. The molecule has 1 aliphatic carbocycles. The number of carboxylic acid groups (broad SMARTS) is 1. The number of carbonyl (C=O) groups excluding carboxylic acids is 1. The van der Waals surface area contributed by atoms with Gasteiger partial charge in [0.05, 0.1) is 6.42 Å². The summed E-state index contributed by atoms with van der Waals surface area (Å²) in [4.78, 5) is 22.3. The highest BCUT2D eigenvalue weighted by Crippen LogP contribution is 2.45. The Bertz CT molecular complexity index is 534. The van der Waals surface area contributed by atoms with Gasteiger partial charge in [0.2, 0.25) is 5.91 Å². The molecule has 0 spiro atoms. The molecule has 1 saturated carbocycles. The summed E-state index contributed by atoms with van der Waals surface area (Å²) in [7, 11) is 0. The molecule has 1 aromatic carbocycles. The van der Waals surface area contributed by atoms with Gasteiger partial charge in [0.25, 0.3) is 0 Å². The van der Waals surface area contributed by atoms with Crippen molar-refractivity contribution >= 4 is 17.6 Å². The van der Waals surface area contributed by atoms with E-state index in [4.69, 9.17) is 5.11 Å². The molecule has 0 bridgehead atoms. The zero-order valence-corrected chi connectivity index (χ0v) is 10.7. The number of fused-ring (bicyclic) bond motifs is 1. The van der Waals surface area contributed by atoms with Gasteiger partial charge in [-0.3, -0.25) is 9.59 Å². The molecule has 4 nitrogen and oxygen atoms in total. The summed E-state index contributed by atoms with van der Waals surface area (Å²) >= 11 is 0. The fourth-order valence-corrected chi connectivity index (χ4v) is 2.88. The van der Waals surface area contributed by atoms with E-state index in [1.807, 2.05) is 12.1 Å². The van der Waals surface area contributed by atoms with E-state index in [1.165, 1.54) is 0 Å². The number of hydrogen-bond donors (Lipinski definition) is 2. The Morgan fingerprint density at radius 2 is 2.16 bits per heavy atom. The minimum atomic E-state index is -0.733. The number of hydrogen-bond acceptors (Lipinski definition) is 2. The van der Waals surface area contributed by atoms with Gasteiger partial charge >= 0.3 is 5.97 Å². The van der Waals surface area contributed by atoms with Crippen molar-refractivity contribution in [2.45, 2.75) is 38.0 Å². The van der Waals surface area contributed by atoms with Crippen molar-refractivity contribution in [3.63, 3.8) is 0 Å². The van der Waals surface area contributed by atoms with Crippen LogP contribution in [0.25, 0.3) is 0 Å². The number of benzene rings is 1. The molecule has 2 N–H and O–H groups in total. The minimum Gasteiger partial charge on any atom is -0.481 e. The Hall–Kier alpha value is -1.84. The summed E-state index contributed by atoms with van der Waals surface area (Å²) in [6.07, 6.45) is 3.73. The predicted octanol–water partition coefficient (Wildman–Crippen LogP) is 2.54. The van der Waals surface area contributed by atoms with Crippen molar-refractivity contribution in [2.24, 2.45) is 5.92 Å². The first-order valence-corrected chi connectivity index (χ1v) is 6.78. The molecule has 1 unspecified atom stereocenters. The fourth-order valence-electron chi connectivity index (χ4n) is 2.88. The zero-order chi connectivity index (χ0) is 13.4. The van der Waals surface area contributed by atoms with Crippen LogP contribution in [0.4, 0.5) is 5.69 Å². The van der Waals surface area contributed by atoms with Crippen LogP contribution in [-0.4, -0.2) is 17.0 Å². The second-order valence-electron chi connectivity index (χ2n) is 5.51. The topological polar surface area (TPSA) is 66.4 Å². The molecule has 0 saturated heterocycles. The normalized spacial score (nSPS) is 19.5. The van der Waals surface area contributed by atoms with E-state index < -0.39 is 5.97 Å². The van der Waals surface area contributed by atoms with Crippen LogP contribution in [0.1, 0.15) is 42.7 Å². The molecule has 1 aromatic rings. The Labute approximate surface area is 111 Å². The Morgan fingerprint density at radius 3 is 2.84 bits per heavy atom. The van der Waals surface area contributed by atoms with Crippen LogP contribution in [0.5, 0.6) is 0 Å². The first-order chi connectivity index (χ1) is 9.13. The molecule has 2 aliphatic rings. The van der Waals surface area contributed by atoms with E-state index in [0.717, 1.165) is 36.1 Å². The van der Waals surface area contributed by atoms with Crippen LogP contribution >= 0.6 is 0 Å². The van der Waals surface area contributed by atoms with E-state index >= 15 is 0 Å². The number of rotatable bonds is 4. The number of carboxylic acids is 1. The summed E-state index contributed by atoms with van der Waals surface area (Å²) < 4.78 is 0. The van der Waals surface area contributed by atoms with Gasteiger partial charge in [-0.05, 0) is 48.3 Å². The van der Waals surface area contributed by atoms with Crippen molar-refractivity contribution < 1.29 is 14.7 Å². The summed E-state index contributed by atoms with van der Waals surface area (Å²) in [5.74, 6) is -0.0276. The molecule has 0 radical (unpaired) electrons. The van der Waals surface area contributed by atoms with Gasteiger partial charge in [0, 0.05) is 12.1 Å². The molecule has 4 heteroatoms. The highest BCUT2D eigenvalue weighted by Gasteiger charge is 2.34. The van der Waals surface area contributed by atoms with Crippen molar-refractivity contribution in [1.82, 2.24) is 0 Å². The van der Waals surface area contributed by atoms with Gasteiger partial charge in [0.15, 0.2) is 0 Å². The lowest BCUT2D eigenvalue weighted by Gasteiger charge is -2.21. The third kappa shape index (κ3) is 2.62. The number of aryl methyl sites for hydroxylation is 1. The maximum atomic E-state index is 11.3. The third-order valence-electron chi connectivity index (χ3n) is 4.04. The van der Waals surface area contributed by atoms with Gasteiger partial charge in [-0.1, -0.05) is 12.1 Å². The molecule has 1 fully saturated rings. The van der Waals surface area contributed by atoms with E-state index in [9.17, 15) is 9.59 Å². The van der Waals surface area contributed by atoms with E-state index in [2.05, 4.69) is 11.4 Å². The summed E-state index contributed by atoms with van der Waals surface area (Å²) in [5.41, 5.74) is 3.12. The summed E-state index contributed by atoms with van der Waals surface area (Å²) in [5, 5.41) is 11.9. The van der Waals surface area contributed by atoms with Crippen LogP contribution in [-0.2, 0) is 16.0 Å². The van der Waals surface area contributed by atoms with E-state index in [1.54, 1.807) is 0 Å². The van der Waals surface area contributed by atoms with Crippen molar-refractivity contribution in [1.29, 1.82) is 0 Å². The van der Waals surface area contributed by atoms with Crippen LogP contribution in [0.3, 0.4) is 0 Å². The molecule has 1 atom stereocenters. The number of amides is 1. The average molecular weight is 259 g/mol. The lowest BCUT2D eigenvalue weighted by molar-refractivity contribution is -0.137. The van der Waals surface area contributed by atoms with Gasteiger partial charge in [-0.25, -0.2) is 0 Å². The average Bonchev–Trinajstić information content (AvgIpc) is 3.19. The molecule has 1 amide bonds. The third-order valence-corrected chi connectivity index (χ3v) is 4.04. The molecule has 3 rings (SSSR count). The molecular weight excluding hydrogens is 242 g/mol. The van der Waals surface area contributed by atoms with Crippen molar-refractivity contribution in [3.05, 3.63) is 29.3 Å².